The van der Waals surface area contributed by atoms with E-state index in [1.165, 1.54) is 32.1 Å². The van der Waals surface area contributed by atoms with Gasteiger partial charge in [-0.25, -0.2) is 0 Å². The van der Waals surface area contributed by atoms with Crippen molar-refractivity contribution in [2.24, 2.45) is 0 Å². The second-order valence-electron chi connectivity index (χ2n) is 5.29. The summed E-state index contributed by atoms with van der Waals surface area (Å²) in [4.78, 5) is 0. The van der Waals surface area contributed by atoms with Crippen molar-refractivity contribution in [1.29, 1.82) is 0 Å². The fourth-order valence-electron chi connectivity index (χ4n) is 2.28. The Bertz CT molecular complexity index is 179. The van der Waals surface area contributed by atoms with Gasteiger partial charge in [0.1, 0.15) is 0 Å². The van der Waals surface area contributed by atoms with Gasteiger partial charge in [0.25, 0.3) is 0 Å². The molecular weight excluding hydrogens is 214 g/mol. The molecule has 1 fully saturated rings. The van der Waals surface area contributed by atoms with Crippen molar-refractivity contribution in [2.45, 2.75) is 63.9 Å². The predicted octanol–water partition coefficient (Wildman–Crippen LogP) is 2.48. The molecule has 3 heteroatoms. The molecule has 0 radical (unpaired) electrons. The molecule has 0 aliphatic carbocycles. The maximum Gasteiger partial charge on any atom is 0.0904 e. The van der Waals surface area contributed by atoms with Gasteiger partial charge in [-0.2, -0.15) is 0 Å². The molecule has 0 aromatic carbocycles. The average molecular weight is 243 g/mol. The summed E-state index contributed by atoms with van der Waals surface area (Å²) in [6.45, 7) is 5.39. The van der Waals surface area contributed by atoms with Crippen LogP contribution in [0.1, 0.15) is 58.3 Å². The Balaban J connectivity index is 1.89. The monoisotopic (exact) mass is 243 g/mol. The summed E-state index contributed by atoms with van der Waals surface area (Å²) in [6.07, 6.45) is 9.38. The van der Waals surface area contributed by atoms with Crippen LogP contribution in [0.2, 0.25) is 0 Å². The molecular formula is C14H29NO2. The van der Waals surface area contributed by atoms with Gasteiger partial charge in [0, 0.05) is 6.61 Å². The molecule has 1 heterocycles. The van der Waals surface area contributed by atoms with E-state index in [1.54, 1.807) is 0 Å². The van der Waals surface area contributed by atoms with E-state index in [1.807, 2.05) is 0 Å². The maximum atomic E-state index is 10.2. The zero-order chi connectivity index (χ0) is 12.4. The third kappa shape index (κ3) is 7.02. The van der Waals surface area contributed by atoms with Crippen LogP contribution < -0.4 is 5.32 Å². The zero-order valence-corrected chi connectivity index (χ0v) is 11.3. The average Bonchev–Trinajstić information content (AvgIpc) is 2.33. The second-order valence-corrected chi connectivity index (χ2v) is 5.29. The van der Waals surface area contributed by atoms with E-state index < -0.39 is 5.60 Å². The number of hydrogen-bond acceptors (Lipinski definition) is 3. The largest absolute Gasteiger partial charge is 0.387 e. The van der Waals surface area contributed by atoms with Crippen molar-refractivity contribution < 1.29 is 9.84 Å². The molecule has 102 valence electrons. The number of rotatable bonds is 9. The molecule has 17 heavy (non-hydrogen) atoms. The zero-order valence-electron chi connectivity index (χ0n) is 11.3. The minimum atomic E-state index is -0.562. The molecule has 3 nitrogen and oxygen atoms in total. The number of aliphatic hydroxyl groups is 1. The summed E-state index contributed by atoms with van der Waals surface area (Å²) in [5.41, 5.74) is -0.562. The smallest absolute Gasteiger partial charge is 0.0904 e. The van der Waals surface area contributed by atoms with Crippen LogP contribution in [-0.2, 0) is 4.74 Å². The standard InChI is InChI=1S/C14H29NO2/c1-2-3-4-5-6-7-12-17-13-14(16)8-10-15-11-9-14/h15-16H,2-13H2,1H3. The minimum Gasteiger partial charge on any atom is -0.387 e. The van der Waals surface area contributed by atoms with E-state index in [4.69, 9.17) is 4.74 Å². The van der Waals surface area contributed by atoms with Gasteiger partial charge in [0.2, 0.25) is 0 Å². The van der Waals surface area contributed by atoms with E-state index in [9.17, 15) is 5.11 Å². The molecule has 0 amide bonds. The fourth-order valence-corrected chi connectivity index (χ4v) is 2.28. The van der Waals surface area contributed by atoms with Crippen molar-refractivity contribution in [1.82, 2.24) is 5.32 Å². The number of piperidine rings is 1. The number of ether oxygens (including phenoxy) is 1. The molecule has 0 bridgehead atoms. The van der Waals surface area contributed by atoms with E-state index in [0.29, 0.717) is 6.61 Å². The fraction of sp³-hybridized carbons (Fsp3) is 1.00. The highest BCUT2D eigenvalue weighted by Crippen LogP contribution is 2.18. The molecule has 1 saturated heterocycles. The first-order valence-electron chi connectivity index (χ1n) is 7.28. The Hall–Kier alpha value is -0.120. The van der Waals surface area contributed by atoms with E-state index in [-0.39, 0.29) is 0 Å². The minimum absolute atomic E-state index is 0.518. The van der Waals surface area contributed by atoms with Gasteiger partial charge in [-0.1, -0.05) is 39.0 Å². The second kappa shape index (κ2) is 8.90. The molecule has 0 unspecified atom stereocenters. The highest BCUT2D eigenvalue weighted by Gasteiger charge is 2.28. The number of unbranched alkanes of at least 4 members (excludes halogenated alkanes) is 5. The van der Waals surface area contributed by atoms with Crippen molar-refractivity contribution in [3.63, 3.8) is 0 Å². The van der Waals surface area contributed by atoms with Crippen LogP contribution in [0.5, 0.6) is 0 Å². The van der Waals surface area contributed by atoms with Gasteiger partial charge in [-0.15, -0.1) is 0 Å². The lowest BCUT2D eigenvalue weighted by Gasteiger charge is -2.32. The summed E-state index contributed by atoms with van der Waals surface area (Å²) in [5, 5.41) is 13.4. The van der Waals surface area contributed by atoms with Gasteiger partial charge < -0.3 is 15.2 Å². The molecule has 0 saturated carbocycles. The lowest BCUT2D eigenvalue weighted by atomic mass is 9.94. The van der Waals surface area contributed by atoms with E-state index in [2.05, 4.69) is 12.2 Å². The van der Waals surface area contributed by atoms with Gasteiger partial charge in [0.05, 0.1) is 12.2 Å². The lowest BCUT2D eigenvalue weighted by Crippen LogP contribution is -2.45. The van der Waals surface area contributed by atoms with E-state index >= 15 is 0 Å². The van der Waals surface area contributed by atoms with Crippen molar-refractivity contribution >= 4 is 0 Å². The highest BCUT2D eigenvalue weighted by molar-refractivity contribution is 4.83. The molecule has 1 rings (SSSR count). The van der Waals surface area contributed by atoms with Gasteiger partial charge in [-0.3, -0.25) is 0 Å². The van der Waals surface area contributed by atoms with Crippen LogP contribution in [-0.4, -0.2) is 37.0 Å². The molecule has 2 N–H and O–H groups in total. The lowest BCUT2D eigenvalue weighted by molar-refractivity contribution is -0.0646. The first-order valence-corrected chi connectivity index (χ1v) is 7.28. The first kappa shape index (κ1) is 14.9. The summed E-state index contributed by atoms with van der Waals surface area (Å²) in [6, 6.07) is 0. The van der Waals surface area contributed by atoms with Crippen molar-refractivity contribution in [3.8, 4) is 0 Å². The summed E-state index contributed by atoms with van der Waals surface area (Å²) >= 11 is 0. The summed E-state index contributed by atoms with van der Waals surface area (Å²) in [7, 11) is 0. The maximum absolute atomic E-state index is 10.2. The van der Waals surface area contributed by atoms with Crippen LogP contribution in [0.15, 0.2) is 0 Å². The SMILES string of the molecule is CCCCCCCCOCC1(O)CCNCC1. The third-order valence-corrected chi connectivity index (χ3v) is 3.55. The predicted molar refractivity (Wildman–Crippen MR) is 71.2 cm³/mol. The third-order valence-electron chi connectivity index (χ3n) is 3.55. The van der Waals surface area contributed by atoms with Crippen LogP contribution in [0.4, 0.5) is 0 Å². The molecule has 1 aliphatic heterocycles. The van der Waals surface area contributed by atoms with Crippen molar-refractivity contribution in [2.75, 3.05) is 26.3 Å². The molecule has 0 aromatic heterocycles. The van der Waals surface area contributed by atoms with Gasteiger partial charge >= 0.3 is 0 Å². The summed E-state index contributed by atoms with van der Waals surface area (Å²) < 4.78 is 5.60. The Morgan fingerprint density at radius 3 is 2.41 bits per heavy atom. The molecule has 0 atom stereocenters. The molecule has 0 aromatic rings. The van der Waals surface area contributed by atoms with Crippen molar-refractivity contribution in [3.05, 3.63) is 0 Å². The number of hydrogen-bond donors (Lipinski definition) is 2. The highest BCUT2D eigenvalue weighted by atomic mass is 16.5. The Labute approximate surface area is 106 Å². The van der Waals surface area contributed by atoms with E-state index in [0.717, 1.165) is 39.0 Å². The number of nitrogens with one attached hydrogen (secondary N) is 1. The van der Waals surface area contributed by atoms with Crippen LogP contribution in [0, 0.1) is 0 Å². The van der Waals surface area contributed by atoms with Crippen LogP contribution in [0.25, 0.3) is 0 Å². The van der Waals surface area contributed by atoms with Gasteiger partial charge in [0.15, 0.2) is 0 Å². The van der Waals surface area contributed by atoms with Crippen LogP contribution >= 0.6 is 0 Å². The Kier molecular flexibility index (Phi) is 7.82. The Morgan fingerprint density at radius 2 is 1.71 bits per heavy atom. The van der Waals surface area contributed by atoms with Crippen LogP contribution in [0.3, 0.4) is 0 Å². The topological polar surface area (TPSA) is 41.5 Å². The molecule has 0 spiro atoms. The first-order chi connectivity index (χ1) is 8.27. The normalized spacial score (nSPS) is 19.4. The quantitative estimate of drug-likeness (QED) is 0.611. The summed E-state index contributed by atoms with van der Waals surface area (Å²) in [5.74, 6) is 0. The van der Waals surface area contributed by atoms with Gasteiger partial charge in [-0.05, 0) is 32.4 Å². The Morgan fingerprint density at radius 1 is 1.06 bits per heavy atom. The molecule has 1 aliphatic rings.